The van der Waals surface area contributed by atoms with E-state index >= 15 is 0 Å². The predicted molar refractivity (Wildman–Crippen MR) is 116 cm³/mol. The number of hydrogen-bond donors (Lipinski definition) is 4. The quantitative estimate of drug-likeness (QED) is 0.485. The maximum absolute atomic E-state index is 10.7. The summed E-state index contributed by atoms with van der Waals surface area (Å²) in [6.45, 7) is 2.89. The Morgan fingerprint density at radius 2 is 1.72 bits per heavy atom. The number of aliphatic hydroxyl groups excluding tert-OH is 1. The van der Waals surface area contributed by atoms with Crippen LogP contribution in [0.15, 0.2) is 24.3 Å². The zero-order valence-corrected chi connectivity index (χ0v) is 17.0. The molecule has 0 spiro atoms. The second-order valence-corrected chi connectivity index (χ2v) is 7.29. The van der Waals surface area contributed by atoms with Crippen LogP contribution in [0.2, 0.25) is 0 Å². The third kappa shape index (κ3) is 3.67. The molecule has 2 atom stereocenters. The smallest absolute Gasteiger partial charge is 0.225 e. The first kappa shape index (κ1) is 19.3. The van der Waals surface area contributed by atoms with Crippen LogP contribution in [0, 0.1) is 0 Å². The Balaban J connectivity index is 1.83. The second-order valence-electron chi connectivity index (χ2n) is 7.29. The third-order valence-corrected chi connectivity index (χ3v) is 5.37. The van der Waals surface area contributed by atoms with E-state index in [4.69, 9.17) is 4.98 Å². The number of hydrogen-bond acceptors (Lipinski definition) is 8. The lowest BCUT2D eigenvalue weighted by Crippen LogP contribution is -2.18. The van der Waals surface area contributed by atoms with Crippen LogP contribution in [-0.2, 0) is 12.8 Å². The molecule has 8 heteroatoms. The molecule has 0 fully saturated rings. The van der Waals surface area contributed by atoms with Crippen LogP contribution in [-0.4, -0.2) is 51.8 Å². The molecule has 152 valence electrons. The molecule has 0 amide bonds. The zero-order chi connectivity index (χ0) is 20.4. The molecule has 1 aliphatic carbocycles. The molecule has 1 aromatic carbocycles. The summed E-state index contributed by atoms with van der Waals surface area (Å²) in [5.41, 5.74) is 4.59. The Morgan fingerprint density at radius 1 is 1.00 bits per heavy atom. The van der Waals surface area contributed by atoms with Crippen molar-refractivity contribution in [3.05, 3.63) is 41.1 Å². The lowest BCUT2D eigenvalue weighted by molar-refractivity contribution is 0.156. The molecule has 0 aliphatic heterocycles. The molecular formula is C21H27N7O. The highest BCUT2D eigenvalue weighted by molar-refractivity contribution is 5.88. The lowest BCUT2D eigenvalue weighted by Gasteiger charge is -2.18. The normalized spacial score (nSPS) is 17.9. The van der Waals surface area contributed by atoms with Crippen molar-refractivity contribution in [2.75, 3.05) is 36.6 Å². The van der Waals surface area contributed by atoms with E-state index in [0.717, 1.165) is 18.7 Å². The van der Waals surface area contributed by atoms with Crippen LogP contribution in [0.5, 0.6) is 0 Å². The fraction of sp³-hybridized carbons (Fsp3) is 0.429. The molecule has 3 aromatic rings. The van der Waals surface area contributed by atoms with Crippen LogP contribution in [0.4, 0.5) is 17.7 Å². The first-order chi connectivity index (χ1) is 14.1. The number of fused-ring (bicyclic) bond motifs is 2. The van der Waals surface area contributed by atoms with E-state index in [-0.39, 0.29) is 5.92 Å². The molecule has 2 heterocycles. The van der Waals surface area contributed by atoms with Crippen LogP contribution >= 0.6 is 0 Å². The Bertz CT molecular complexity index is 1020. The number of nitrogens with zero attached hydrogens (tertiary/aromatic N) is 4. The maximum Gasteiger partial charge on any atom is 0.225 e. The van der Waals surface area contributed by atoms with Crippen molar-refractivity contribution in [1.29, 1.82) is 0 Å². The summed E-state index contributed by atoms with van der Waals surface area (Å²) >= 11 is 0. The van der Waals surface area contributed by atoms with Gasteiger partial charge in [-0.1, -0.05) is 31.2 Å². The van der Waals surface area contributed by atoms with Crippen molar-refractivity contribution in [3.63, 3.8) is 0 Å². The van der Waals surface area contributed by atoms with Gasteiger partial charge in [0, 0.05) is 33.0 Å². The fourth-order valence-corrected chi connectivity index (χ4v) is 3.92. The highest BCUT2D eigenvalue weighted by Crippen LogP contribution is 2.37. The van der Waals surface area contributed by atoms with Gasteiger partial charge in [0.25, 0.3) is 0 Å². The average molecular weight is 393 g/mol. The van der Waals surface area contributed by atoms with Crippen LogP contribution in [0.25, 0.3) is 11.0 Å². The Kier molecular flexibility index (Phi) is 5.44. The number of aliphatic hydroxyl groups is 1. The summed E-state index contributed by atoms with van der Waals surface area (Å²) in [6, 6.07) is 8.23. The molecule has 4 N–H and O–H groups in total. The monoisotopic (exact) mass is 393 g/mol. The summed E-state index contributed by atoms with van der Waals surface area (Å²) in [6.07, 6.45) is 1.79. The van der Waals surface area contributed by atoms with Crippen molar-refractivity contribution in [2.24, 2.45) is 0 Å². The molecule has 0 radical (unpaired) electrons. The van der Waals surface area contributed by atoms with E-state index < -0.39 is 6.10 Å². The van der Waals surface area contributed by atoms with Gasteiger partial charge < -0.3 is 21.1 Å². The average Bonchev–Trinajstić information content (AvgIpc) is 3.06. The minimum absolute atomic E-state index is 0.0194. The van der Waals surface area contributed by atoms with E-state index in [9.17, 15) is 5.11 Å². The minimum atomic E-state index is -0.432. The van der Waals surface area contributed by atoms with Crippen LogP contribution in [0.3, 0.4) is 0 Å². The van der Waals surface area contributed by atoms with Gasteiger partial charge in [-0.25, -0.2) is 15.0 Å². The predicted octanol–water partition coefficient (Wildman–Crippen LogP) is 2.57. The molecule has 4 rings (SSSR count). The van der Waals surface area contributed by atoms with E-state index in [1.54, 1.807) is 14.1 Å². The molecule has 0 unspecified atom stereocenters. The number of aromatic nitrogens is 4. The molecule has 0 saturated carbocycles. The van der Waals surface area contributed by atoms with Crippen LogP contribution in [0.1, 0.15) is 36.1 Å². The summed E-state index contributed by atoms with van der Waals surface area (Å²) < 4.78 is 0. The van der Waals surface area contributed by atoms with E-state index in [2.05, 4.69) is 50.0 Å². The molecule has 8 nitrogen and oxygen atoms in total. The van der Waals surface area contributed by atoms with Crippen molar-refractivity contribution >= 4 is 28.7 Å². The molecule has 2 aromatic heterocycles. The lowest BCUT2D eigenvalue weighted by atomic mass is 9.94. The second kappa shape index (κ2) is 8.16. The van der Waals surface area contributed by atoms with Crippen LogP contribution < -0.4 is 16.0 Å². The molecular weight excluding hydrogens is 366 g/mol. The van der Waals surface area contributed by atoms with Gasteiger partial charge in [-0.05, 0) is 24.0 Å². The SMILES string of the molecule is CCCNc1nc(NC)nc2c(C[C@H]3c4ccccc4C[C@H]3O)nc(NC)nc12. The summed E-state index contributed by atoms with van der Waals surface area (Å²) in [5.74, 6) is 1.71. The van der Waals surface area contributed by atoms with Gasteiger partial charge in [0.15, 0.2) is 5.82 Å². The summed E-state index contributed by atoms with van der Waals surface area (Å²) in [7, 11) is 3.59. The number of nitrogens with one attached hydrogen (secondary N) is 3. The standard InChI is InChI=1S/C21H27N7O/c1-4-9-24-19-18-17(26-21(23-3)28-19)15(25-20(22-2)27-18)11-14-13-8-6-5-7-12(13)10-16(14)29/h5-8,14,16,29H,4,9-11H2,1-3H3,(H,22,25,27)(H2,23,24,26,28)/t14-,16+/m0/s1. The van der Waals surface area contributed by atoms with Gasteiger partial charge in [-0.2, -0.15) is 4.98 Å². The Morgan fingerprint density at radius 3 is 2.48 bits per heavy atom. The topological polar surface area (TPSA) is 108 Å². The van der Waals surface area contributed by atoms with Crippen molar-refractivity contribution in [1.82, 2.24) is 19.9 Å². The minimum Gasteiger partial charge on any atom is -0.392 e. The Labute approximate surface area is 170 Å². The summed E-state index contributed by atoms with van der Waals surface area (Å²) in [4.78, 5) is 18.5. The number of benzene rings is 1. The van der Waals surface area contributed by atoms with Gasteiger partial charge in [0.05, 0.1) is 11.8 Å². The number of anilines is 3. The van der Waals surface area contributed by atoms with Gasteiger partial charge in [0.2, 0.25) is 11.9 Å². The van der Waals surface area contributed by atoms with E-state index in [0.29, 0.717) is 41.6 Å². The third-order valence-electron chi connectivity index (χ3n) is 5.37. The highest BCUT2D eigenvalue weighted by Gasteiger charge is 2.32. The van der Waals surface area contributed by atoms with Gasteiger partial charge >= 0.3 is 0 Å². The molecule has 0 bridgehead atoms. The largest absolute Gasteiger partial charge is 0.392 e. The molecule has 29 heavy (non-hydrogen) atoms. The first-order valence-corrected chi connectivity index (χ1v) is 10.1. The molecule has 1 aliphatic rings. The fourth-order valence-electron chi connectivity index (χ4n) is 3.92. The van der Waals surface area contributed by atoms with Crippen molar-refractivity contribution in [3.8, 4) is 0 Å². The van der Waals surface area contributed by atoms with E-state index in [1.165, 1.54) is 11.1 Å². The zero-order valence-electron chi connectivity index (χ0n) is 17.0. The van der Waals surface area contributed by atoms with Crippen molar-refractivity contribution in [2.45, 2.75) is 38.2 Å². The number of rotatable bonds is 7. The van der Waals surface area contributed by atoms with Gasteiger partial charge in [-0.15, -0.1) is 0 Å². The first-order valence-electron chi connectivity index (χ1n) is 10.1. The highest BCUT2D eigenvalue weighted by atomic mass is 16.3. The van der Waals surface area contributed by atoms with Crippen molar-refractivity contribution < 1.29 is 5.11 Å². The maximum atomic E-state index is 10.7. The van der Waals surface area contributed by atoms with E-state index in [1.807, 2.05) is 12.1 Å². The van der Waals surface area contributed by atoms with Gasteiger partial charge in [0.1, 0.15) is 11.0 Å². The molecule has 0 saturated heterocycles. The Hall–Kier alpha value is -3.00. The van der Waals surface area contributed by atoms with Gasteiger partial charge in [-0.3, -0.25) is 0 Å². The summed E-state index contributed by atoms with van der Waals surface area (Å²) in [5, 5.41) is 20.1.